The van der Waals surface area contributed by atoms with Gasteiger partial charge in [-0.3, -0.25) is 0 Å². The number of fused-ring (bicyclic) bond motifs is 5. The SMILES string of the molecule is CNc1cc(F)c2c3c1[nH]c1nc(Oc4cnc(C)nc4)nc(c13)N1C3CNCCC3C1C2. The third-order valence-corrected chi connectivity index (χ3v) is 7.35. The maximum atomic E-state index is 15.4. The zero-order chi connectivity index (χ0) is 22.3. The molecular weight excluding hydrogens is 423 g/mol. The summed E-state index contributed by atoms with van der Waals surface area (Å²) in [5.41, 5.74) is 2.92. The number of H-pyrrole nitrogens is 1. The number of piperidine rings is 1. The second-order valence-corrected chi connectivity index (χ2v) is 9.03. The van der Waals surface area contributed by atoms with Gasteiger partial charge < -0.3 is 25.3 Å². The van der Waals surface area contributed by atoms with Crippen molar-refractivity contribution in [1.29, 1.82) is 0 Å². The fourth-order valence-electron chi connectivity index (χ4n) is 5.87. The van der Waals surface area contributed by atoms with Crippen LogP contribution < -0.4 is 20.3 Å². The first-order valence-electron chi connectivity index (χ1n) is 11.3. The molecule has 33 heavy (non-hydrogen) atoms. The minimum Gasteiger partial charge on any atom is -0.421 e. The van der Waals surface area contributed by atoms with Crippen molar-refractivity contribution in [2.75, 3.05) is 30.4 Å². The van der Waals surface area contributed by atoms with Gasteiger partial charge in [-0.15, -0.1) is 0 Å². The molecule has 3 aliphatic heterocycles. The highest BCUT2D eigenvalue weighted by Gasteiger charge is 2.52. The van der Waals surface area contributed by atoms with E-state index in [1.165, 1.54) is 0 Å². The molecule has 0 bridgehead atoms. The highest BCUT2D eigenvalue weighted by Crippen LogP contribution is 2.50. The standard InChI is InChI=1S/C23H23FN8O/c1-10-27-7-11(8-28-10)33-23-30-21-19-18-13(14(24)6-15(25-2)20(18)29-21)5-16-12-3-4-26-9-17(12)32(16)22(19)31-23/h6-8,12,16-17,25-26H,3-5,9H2,1-2H3,(H,29,30,31). The van der Waals surface area contributed by atoms with Crippen LogP contribution in [-0.4, -0.2) is 57.1 Å². The van der Waals surface area contributed by atoms with E-state index in [4.69, 9.17) is 9.72 Å². The average molecular weight is 446 g/mol. The Morgan fingerprint density at radius 2 is 2.03 bits per heavy atom. The Balaban J connectivity index is 1.47. The molecular formula is C23H23FN8O. The molecule has 4 aromatic rings. The number of aromatic amines is 1. The summed E-state index contributed by atoms with van der Waals surface area (Å²) in [7, 11) is 1.80. The molecule has 2 saturated heterocycles. The Bertz CT molecular complexity index is 1420. The number of nitrogens with zero attached hydrogens (tertiary/aromatic N) is 5. The van der Waals surface area contributed by atoms with Crippen molar-refractivity contribution in [1.82, 2.24) is 30.2 Å². The van der Waals surface area contributed by atoms with E-state index >= 15 is 4.39 Å². The summed E-state index contributed by atoms with van der Waals surface area (Å²) < 4.78 is 21.3. The molecule has 1 aromatic carbocycles. The number of hydrogen-bond donors (Lipinski definition) is 3. The molecule has 10 heteroatoms. The molecule has 3 atom stereocenters. The maximum absolute atomic E-state index is 15.4. The minimum atomic E-state index is -0.185. The van der Waals surface area contributed by atoms with E-state index in [1.54, 1.807) is 25.5 Å². The second kappa shape index (κ2) is 6.74. The van der Waals surface area contributed by atoms with Crippen molar-refractivity contribution in [3.63, 3.8) is 0 Å². The molecule has 2 fully saturated rings. The Hall–Kier alpha value is -3.53. The molecule has 0 amide bonds. The van der Waals surface area contributed by atoms with Crippen LogP contribution in [0.1, 0.15) is 17.8 Å². The first-order chi connectivity index (χ1) is 16.1. The molecule has 7 rings (SSSR count). The third-order valence-electron chi connectivity index (χ3n) is 7.35. The predicted molar refractivity (Wildman–Crippen MR) is 122 cm³/mol. The molecule has 0 spiro atoms. The van der Waals surface area contributed by atoms with Crippen molar-refractivity contribution in [2.45, 2.75) is 31.8 Å². The van der Waals surface area contributed by atoms with Gasteiger partial charge in [-0.25, -0.2) is 14.4 Å². The van der Waals surface area contributed by atoms with Crippen LogP contribution in [0, 0.1) is 18.7 Å². The summed E-state index contributed by atoms with van der Waals surface area (Å²) in [6.07, 6.45) is 4.95. The fourth-order valence-corrected chi connectivity index (χ4v) is 5.87. The van der Waals surface area contributed by atoms with Gasteiger partial charge in [-0.1, -0.05) is 0 Å². The maximum Gasteiger partial charge on any atom is 0.326 e. The molecule has 3 N–H and O–H groups in total. The van der Waals surface area contributed by atoms with E-state index < -0.39 is 0 Å². The topological polar surface area (TPSA) is 104 Å². The molecule has 0 saturated carbocycles. The lowest BCUT2D eigenvalue weighted by atomic mass is 9.73. The summed E-state index contributed by atoms with van der Waals surface area (Å²) >= 11 is 0. The molecule has 3 aromatic heterocycles. The summed E-state index contributed by atoms with van der Waals surface area (Å²) in [6.45, 7) is 3.71. The van der Waals surface area contributed by atoms with Gasteiger partial charge in [0.25, 0.3) is 0 Å². The number of nitrogens with one attached hydrogen (secondary N) is 3. The van der Waals surface area contributed by atoms with Crippen LogP contribution >= 0.6 is 0 Å². The average Bonchev–Trinajstić information content (AvgIpc) is 3.13. The normalized spacial score (nSPS) is 23.2. The van der Waals surface area contributed by atoms with Crippen LogP contribution in [0.25, 0.3) is 21.9 Å². The molecule has 0 radical (unpaired) electrons. The molecule has 0 aliphatic carbocycles. The van der Waals surface area contributed by atoms with Gasteiger partial charge in [0.05, 0.1) is 29.0 Å². The minimum absolute atomic E-state index is 0.185. The number of benzene rings is 1. The van der Waals surface area contributed by atoms with Gasteiger partial charge in [0, 0.05) is 42.5 Å². The summed E-state index contributed by atoms with van der Waals surface area (Å²) in [4.78, 5) is 23.7. The van der Waals surface area contributed by atoms with E-state index in [-0.39, 0.29) is 17.9 Å². The van der Waals surface area contributed by atoms with Gasteiger partial charge in [-0.2, -0.15) is 9.97 Å². The highest BCUT2D eigenvalue weighted by atomic mass is 19.1. The Morgan fingerprint density at radius 1 is 1.18 bits per heavy atom. The predicted octanol–water partition coefficient (Wildman–Crippen LogP) is 2.91. The third kappa shape index (κ3) is 2.61. The summed E-state index contributed by atoms with van der Waals surface area (Å²) in [5.74, 6) is 2.26. The lowest BCUT2D eigenvalue weighted by Gasteiger charge is -2.58. The van der Waals surface area contributed by atoms with E-state index in [2.05, 4.69) is 35.5 Å². The van der Waals surface area contributed by atoms with Crippen LogP contribution in [0.4, 0.5) is 15.9 Å². The lowest BCUT2D eigenvalue weighted by molar-refractivity contribution is 0.155. The van der Waals surface area contributed by atoms with Crippen LogP contribution in [0.15, 0.2) is 18.5 Å². The molecule has 3 aliphatic rings. The second-order valence-electron chi connectivity index (χ2n) is 9.03. The van der Waals surface area contributed by atoms with Crippen molar-refractivity contribution in [3.8, 4) is 11.8 Å². The van der Waals surface area contributed by atoms with Crippen LogP contribution in [-0.2, 0) is 6.42 Å². The van der Waals surface area contributed by atoms with Crippen molar-refractivity contribution in [2.24, 2.45) is 5.92 Å². The first kappa shape index (κ1) is 19.0. The first-order valence-corrected chi connectivity index (χ1v) is 11.3. The number of hydrogen-bond acceptors (Lipinski definition) is 8. The van der Waals surface area contributed by atoms with Crippen molar-refractivity contribution in [3.05, 3.63) is 35.7 Å². The zero-order valence-corrected chi connectivity index (χ0v) is 18.3. The number of rotatable bonds is 3. The quantitative estimate of drug-likeness (QED) is 0.441. The van der Waals surface area contributed by atoms with Crippen LogP contribution in [0.5, 0.6) is 11.8 Å². The number of anilines is 2. The van der Waals surface area contributed by atoms with Crippen LogP contribution in [0.3, 0.4) is 0 Å². The van der Waals surface area contributed by atoms with Gasteiger partial charge in [0.15, 0.2) is 5.75 Å². The largest absolute Gasteiger partial charge is 0.421 e. The lowest BCUT2D eigenvalue weighted by Crippen LogP contribution is -2.70. The van der Waals surface area contributed by atoms with E-state index in [0.717, 1.165) is 47.2 Å². The number of aryl methyl sites for hydroxylation is 1. The molecule has 168 valence electrons. The number of aromatic nitrogens is 5. The summed E-state index contributed by atoms with van der Waals surface area (Å²) in [6, 6.07) is 2.33. The Labute approximate surface area is 188 Å². The van der Waals surface area contributed by atoms with E-state index in [1.807, 2.05) is 6.92 Å². The zero-order valence-electron chi connectivity index (χ0n) is 18.3. The van der Waals surface area contributed by atoms with E-state index in [0.29, 0.717) is 41.3 Å². The smallest absolute Gasteiger partial charge is 0.326 e. The fraction of sp³-hybridized carbons (Fsp3) is 0.391. The van der Waals surface area contributed by atoms with Crippen molar-refractivity contribution < 1.29 is 9.13 Å². The van der Waals surface area contributed by atoms with Gasteiger partial charge >= 0.3 is 6.01 Å². The molecule has 3 unspecified atom stereocenters. The Morgan fingerprint density at radius 3 is 2.85 bits per heavy atom. The summed E-state index contributed by atoms with van der Waals surface area (Å²) in [5, 5.41) is 8.35. The molecule has 9 nitrogen and oxygen atoms in total. The van der Waals surface area contributed by atoms with Gasteiger partial charge in [0.2, 0.25) is 0 Å². The van der Waals surface area contributed by atoms with Crippen LogP contribution in [0.2, 0.25) is 0 Å². The van der Waals surface area contributed by atoms with E-state index in [9.17, 15) is 0 Å². The van der Waals surface area contributed by atoms with Gasteiger partial charge in [-0.05, 0) is 32.4 Å². The Kier molecular flexibility index (Phi) is 3.88. The molecule has 6 heterocycles. The monoisotopic (exact) mass is 446 g/mol. The van der Waals surface area contributed by atoms with Gasteiger partial charge in [0.1, 0.15) is 23.1 Å². The highest BCUT2D eigenvalue weighted by molar-refractivity contribution is 6.17. The number of ether oxygens (including phenoxy) is 1. The number of halogens is 1. The van der Waals surface area contributed by atoms with Crippen molar-refractivity contribution >= 4 is 33.4 Å².